The topological polar surface area (TPSA) is 73.1 Å². The second-order valence-corrected chi connectivity index (χ2v) is 7.18. The number of nitrogens with one attached hydrogen (secondary N) is 1. The highest BCUT2D eigenvalue weighted by Gasteiger charge is 2.14. The van der Waals surface area contributed by atoms with Crippen molar-refractivity contribution >= 4 is 28.1 Å². The van der Waals surface area contributed by atoms with Crippen molar-refractivity contribution in [1.29, 1.82) is 0 Å². The average molecular weight is 441 g/mol. The lowest BCUT2D eigenvalue weighted by molar-refractivity contribution is -0.120. The third-order valence-electron chi connectivity index (χ3n) is 4.27. The monoisotopic (exact) mass is 440 g/mol. The molecule has 0 bridgehead atoms. The lowest BCUT2D eigenvalue weighted by atomic mass is 10.1. The maximum absolute atomic E-state index is 12.1. The van der Waals surface area contributed by atoms with E-state index in [2.05, 4.69) is 26.5 Å². The second kappa shape index (κ2) is 7.90. The highest BCUT2D eigenvalue weighted by molar-refractivity contribution is 9.10. The van der Waals surface area contributed by atoms with E-state index in [0.717, 1.165) is 26.9 Å². The summed E-state index contributed by atoms with van der Waals surface area (Å²) in [6, 6.07) is 15.1. The van der Waals surface area contributed by atoms with Gasteiger partial charge in [0.25, 0.3) is 0 Å². The quantitative estimate of drug-likeness (QED) is 0.470. The molecule has 2 aromatic carbocycles. The number of carbonyl (C=O) groups excluding carboxylic acids is 1. The van der Waals surface area contributed by atoms with E-state index in [9.17, 15) is 4.79 Å². The van der Waals surface area contributed by atoms with E-state index in [-0.39, 0.29) is 19.1 Å². The molecule has 0 saturated carbocycles. The fourth-order valence-electron chi connectivity index (χ4n) is 2.77. The lowest BCUT2D eigenvalue weighted by Gasteiger charge is -2.02. The molecule has 0 aliphatic carbocycles. The molecular weight excluding hydrogens is 424 g/mol. The van der Waals surface area contributed by atoms with Gasteiger partial charge in [-0.2, -0.15) is 5.10 Å². The zero-order valence-corrected chi connectivity index (χ0v) is 16.7. The number of ether oxygens (including phenoxy) is 2. The summed E-state index contributed by atoms with van der Waals surface area (Å²) >= 11 is 3.52. The number of hydrazone groups is 1. The second-order valence-electron chi connectivity index (χ2n) is 6.32. The Balaban J connectivity index is 1.35. The van der Waals surface area contributed by atoms with Crippen molar-refractivity contribution in [3.63, 3.8) is 0 Å². The summed E-state index contributed by atoms with van der Waals surface area (Å²) in [6.07, 6.45) is 1.67. The van der Waals surface area contributed by atoms with Gasteiger partial charge in [0, 0.05) is 10.0 Å². The lowest BCUT2D eigenvalue weighted by Crippen LogP contribution is -2.19. The first-order valence-corrected chi connectivity index (χ1v) is 9.44. The molecule has 142 valence electrons. The van der Waals surface area contributed by atoms with Gasteiger partial charge in [0.2, 0.25) is 12.7 Å². The number of hydrogen-bond acceptors (Lipinski definition) is 5. The van der Waals surface area contributed by atoms with Crippen LogP contribution in [0.15, 0.2) is 62.5 Å². The minimum absolute atomic E-state index is 0.189. The molecule has 2 heterocycles. The van der Waals surface area contributed by atoms with Gasteiger partial charge in [-0.15, -0.1) is 0 Å². The standard InChI is InChI=1S/C21H17BrN2O4/c1-13-2-4-15(10-17(13)22)18-7-5-16(28-18)11-23-24-21(25)9-14-3-6-19-20(8-14)27-12-26-19/h2-8,10-11H,9,12H2,1H3,(H,24,25)/b23-11-. The summed E-state index contributed by atoms with van der Waals surface area (Å²) in [4.78, 5) is 12.1. The molecule has 0 spiro atoms. The molecule has 4 rings (SSSR count). The molecule has 28 heavy (non-hydrogen) atoms. The van der Waals surface area contributed by atoms with Crippen molar-refractivity contribution in [2.24, 2.45) is 5.10 Å². The van der Waals surface area contributed by atoms with Gasteiger partial charge in [-0.25, -0.2) is 5.43 Å². The first kappa shape index (κ1) is 18.3. The highest BCUT2D eigenvalue weighted by atomic mass is 79.9. The van der Waals surface area contributed by atoms with Crippen LogP contribution < -0.4 is 14.9 Å². The average Bonchev–Trinajstić information content (AvgIpc) is 3.33. The Morgan fingerprint density at radius 1 is 1.14 bits per heavy atom. The minimum Gasteiger partial charge on any atom is -0.455 e. The van der Waals surface area contributed by atoms with Crippen molar-refractivity contribution in [2.45, 2.75) is 13.3 Å². The summed E-state index contributed by atoms with van der Waals surface area (Å²) < 4.78 is 17.4. The number of benzene rings is 2. The first-order valence-electron chi connectivity index (χ1n) is 8.65. The maximum Gasteiger partial charge on any atom is 0.244 e. The Labute approximate surface area is 170 Å². The fraction of sp³-hybridized carbons (Fsp3) is 0.143. The molecule has 7 heteroatoms. The van der Waals surface area contributed by atoms with Crippen LogP contribution in [0, 0.1) is 6.92 Å². The normalized spacial score (nSPS) is 12.5. The molecule has 3 aromatic rings. The number of amides is 1. The zero-order chi connectivity index (χ0) is 19.5. The predicted molar refractivity (Wildman–Crippen MR) is 109 cm³/mol. The number of rotatable bonds is 5. The summed E-state index contributed by atoms with van der Waals surface area (Å²) in [6.45, 7) is 2.24. The van der Waals surface area contributed by atoms with Crippen LogP contribution in [0.4, 0.5) is 0 Å². The molecule has 1 N–H and O–H groups in total. The summed E-state index contributed by atoms with van der Waals surface area (Å²) in [5, 5.41) is 3.97. The predicted octanol–water partition coefficient (Wildman–Crippen LogP) is 4.44. The van der Waals surface area contributed by atoms with Crippen molar-refractivity contribution < 1.29 is 18.7 Å². The Morgan fingerprint density at radius 2 is 2.00 bits per heavy atom. The van der Waals surface area contributed by atoms with Gasteiger partial charge in [0.05, 0.1) is 12.6 Å². The number of nitrogens with zero attached hydrogens (tertiary/aromatic N) is 1. The van der Waals surface area contributed by atoms with Crippen LogP contribution in [0.25, 0.3) is 11.3 Å². The van der Waals surface area contributed by atoms with Gasteiger partial charge in [-0.1, -0.05) is 34.1 Å². The van der Waals surface area contributed by atoms with Crippen LogP contribution in [-0.4, -0.2) is 18.9 Å². The number of furan rings is 1. The number of aryl methyl sites for hydroxylation is 1. The van der Waals surface area contributed by atoms with Gasteiger partial charge in [-0.3, -0.25) is 4.79 Å². The van der Waals surface area contributed by atoms with Gasteiger partial charge >= 0.3 is 0 Å². The van der Waals surface area contributed by atoms with Crippen molar-refractivity contribution in [3.8, 4) is 22.8 Å². The molecular formula is C21H17BrN2O4. The van der Waals surface area contributed by atoms with E-state index >= 15 is 0 Å². The van der Waals surface area contributed by atoms with Gasteiger partial charge in [0.15, 0.2) is 11.5 Å². The van der Waals surface area contributed by atoms with E-state index in [1.165, 1.54) is 6.21 Å². The molecule has 1 aliphatic rings. The molecule has 0 atom stereocenters. The third-order valence-corrected chi connectivity index (χ3v) is 5.12. The maximum atomic E-state index is 12.1. The van der Waals surface area contributed by atoms with Crippen molar-refractivity contribution in [1.82, 2.24) is 5.43 Å². The van der Waals surface area contributed by atoms with Gasteiger partial charge in [0.1, 0.15) is 11.5 Å². The molecule has 0 radical (unpaired) electrons. The molecule has 0 fully saturated rings. The highest BCUT2D eigenvalue weighted by Crippen LogP contribution is 2.32. The van der Waals surface area contributed by atoms with Crippen LogP contribution in [-0.2, 0) is 11.2 Å². The molecule has 1 amide bonds. The Hall–Kier alpha value is -3.06. The SMILES string of the molecule is Cc1ccc(-c2ccc(/C=N\NC(=O)Cc3ccc4c(c3)OCO4)o2)cc1Br. The van der Waals surface area contributed by atoms with Crippen molar-refractivity contribution in [2.75, 3.05) is 6.79 Å². The number of hydrogen-bond donors (Lipinski definition) is 1. The van der Waals surface area contributed by atoms with E-state index in [4.69, 9.17) is 13.9 Å². The number of carbonyl (C=O) groups is 1. The van der Waals surface area contributed by atoms with Gasteiger partial charge in [-0.05, 0) is 48.4 Å². The largest absolute Gasteiger partial charge is 0.455 e. The molecule has 1 aromatic heterocycles. The number of fused-ring (bicyclic) bond motifs is 1. The summed E-state index contributed by atoms with van der Waals surface area (Å²) in [5.41, 5.74) is 5.44. The molecule has 1 aliphatic heterocycles. The van der Waals surface area contributed by atoms with Crippen LogP contribution >= 0.6 is 15.9 Å². The number of halogens is 1. The Bertz CT molecular complexity index is 1060. The van der Waals surface area contributed by atoms with E-state index in [1.807, 2.05) is 37.3 Å². The van der Waals surface area contributed by atoms with Crippen LogP contribution in [0.3, 0.4) is 0 Å². The zero-order valence-electron chi connectivity index (χ0n) is 15.1. The first-order chi connectivity index (χ1) is 13.6. The van der Waals surface area contributed by atoms with E-state index < -0.39 is 0 Å². The van der Waals surface area contributed by atoms with E-state index in [0.29, 0.717) is 17.3 Å². The third kappa shape index (κ3) is 4.09. The fourth-order valence-corrected chi connectivity index (χ4v) is 3.15. The summed E-state index contributed by atoms with van der Waals surface area (Å²) in [7, 11) is 0. The van der Waals surface area contributed by atoms with Gasteiger partial charge < -0.3 is 13.9 Å². The minimum atomic E-state index is -0.232. The summed E-state index contributed by atoms with van der Waals surface area (Å²) in [5.74, 6) is 2.39. The Kier molecular flexibility index (Phi) is 5.16. The van der Waals surface area contributed by atoms with Crippen LogP contribution in [0.1, 0.15) is 16.9 Å². The molecule has 0 saturated heterocycles. The Morgan fingerprint density at radius 3 is 2.86 bits per heavy atom. The molecule has 6 nitrogen and oxygen atoms in total. The van der Waals surface area contributed by atoms with E-state index in [1.54, 1.807) is 18.2 Å². The smallest absolute Gasteiger partial charge is 0.244 e. The molecule has 0 unspecified atom stereocenters. The van der Waals surface area contributed by atoms with Crippen LogP contribution in [0.5, 0.6) is 11.5 Å². The van der Waals surface area contributed by atoms with Crippen LogP contribution in [0.2, 0.25) is 0 Å². The van der Waals surface area contributed by atoms with Crippen molar-refractivity contribution in [3.05, 3.63) is 69.9 Å².